The molecule has 0 heterocycles. The Bertz CT molecular complexity index is 848. The molecule has 0 aliphatic carbocycles. The zero-order chi connectivity index (χ0) is 22.5. The standard InChI is InChI=1S/C24H36O4SSi/c1-7-29(25,26)27-20-24(5,6)18-19-28-30(23(2,3)4,21-14-10-8-11-15-21)22-16-12-9-13-17-22/h8-17H,7,18-20H2,1-6H3. The molecule has 166 valence electrons. The van der Waals surface area contributed by atoms with Crippen LogP contribution in [-0.2, 0) is 18.7 Å². The van der Waals surface area contributed by atoms with Gasteiger partial charge in [0, 0.05) is 6.61 Å². The Kier molecular flexibility index (Phi) is 8.07. The van der Waals surface area contributed by atoms with Crippen molar-refractivity contribution >= 4 is 28.8 Å². The van der Waals surface area contributed by atoms with Gasteiger partial charge in [-0.3, -0.25) is 4.18 Å². The van der Waals surface area contributed by atoms with Gasteiger partial charge >= 0.3 is 0 Å². The average Bonchev–Trinajstić information content (AvgIpc) is 2.70. The quantitative estimate of drug-likeness (QED) is 0.401. The molecule has 0 bridgehead atoms. The second-order valence-corrected chi connectivity index (χ2v) is 15.8. The van der Waals surface area contributed by atoms with Gasteiger partial charge in [-0.2, -0.15) is 8.42 Å². The van der Waals surface area contributed by atoms with Crippen LogP contribution in [-0.4, -0.2) is 35.7 Å². The zero-order valence-electron chi connectivity index (χ0n) is 19.1. The lowest BCUT2D eigenvalue weighted by atomic mass is 9.91. The fraction of sp³-hybridized carbons (Fsp3) is 0.500. The van der Waals surface area contributed by atoms with Gasteiger partial charge in [0.05, 0.1) is 12.4 Å². The minimum atomic E-state index is -3.45. The van der Waals surface area contributed by atoms with Crippen LogP contribution in [0.1, 0.15) is 48.0 Å². The molecule has 0 aliphatic rings. The number of rotatable bonds is 10. The fourth-order valence-corrected chi connectivity index (χ4v) is 8.88. The summed E-state index contributed by atoms with van der Waals surface area (Å²) in [6.07, 6.45) is 0.705. The van der Waals surface area contributed by atoms with Crippen molar-refractivity contribution in [1.82, 2.24) is 0 Å². The van der Waals surface area contributed by atoms with E-state index < -0.39 is 18.4 Å². The molecule has 0 unspecified atom stereocenters. The topological polar surface area (TPSA) is 52.6 Å². The summed E-state index contributed by atoms with van der Waals surface area (Å²) >= 11 is 0. The van der Waals surface area contributed by atoms with E-state index in [4.69, 9.17) is 8.61 Å². The smallest absolute Gasteiger partial charge is 0.267 e. The van der Waals surface area contributed by atoms with Gasteiger partial charge in [-0.25, -0.2) is 0 Å². The van der Waals surface area contributed by atoms with Crippen LogP contribution in [0.15, 0.2) is 60.7 Å². The summed E-state index contributed by atoms with van der Waals surface area (Å²) in [5.41, 5.74) is -0.312. The van der Waals surface area contributed by atoms with E-state index in [0.29, 0.717) is 13.0 Å². The molecular formula is C24H36O4SSi. The predicted octanol–water partition coefficient (Wildman–Crippen LogP) is 4.35. The summed E-state index contributed by atoms with van der Waals surface area (Å²) in [5.74, 6) is -0.0123. The summed E-state index contributed by atoms with van der Waals surface area (Å²) < 4.78 is 35.6. The highest BCUT2D eigenvalue weighted by Crippen LogP contribution is 2.37. The van der Waals surface area contributed by atoms with Crippen LogP contribution < -0.4 is 10.4 Å². The Balaban J connectivity index is 2.31. The van der Waals surface area contributed by atoms with E-state index in [-0.39, 0.29) is 22.8 Å². The van der Waals surface area contributed by atoms with Gasteiger partial charge in [-0.1, -0.05) is 95.3 Å². The Morgan fingerprint density at radius 3 is 1.70 bits per heavy atom. The molecule has 2 aromatic rings. The second-order valence-electron chi connectivity index (χ2n) is 9.53. The molecule has 0 fully saturated rings. The third-order valence-corrected chi connectivity index (χ3v) is 11.7. The molecule has 4 nitrogen and oxygen atoms in total. The lowest BCUT2D eigenvalue weighted by molar-refractivity contribution is 0.144. The number of hydrogen-bond acceptors (Lipinski definition) is 4. The first kappa shape index (κ1) is 24.8. The highest BCUT2D eigenvalue weighted by molar-refractivity contribution is 7.86. The lowest BCUT2D eigenvalue weighted by Crippen LogP contribution is -2.66. The van der Waals surface area contributed by atoms with Gasteiger partial charge in [-0.15, -0.1) is 0 Å². The molecule has 0 amide bonds. The van der Waals surface area contributed by atoms with Crippen molar-refractivity contribution in [1.29, 1.82) is 0 Å². The van der Waals surface area contributed by atoms with Gasteiger partial charge in [0.15, 0.2) is 0 Å². The summed E-state index contributed by atoms with van der Waals surface area (Å²) in [7, 11) is -6.02. The highest BCUT2D eigenvalue weighted by atomic mass is 32.2. The maximum atomic E-state index is 11.7. The van der Waals surface area contributed by atoms with Crippen LogP contribution in [0, 0.1) is 5.41 Å². The Morgan fingerprint density at radius 2 is 1.30 bits per heavy atom. The summed E-state index contributed by atoms with van der Waals surface area (Å²) in [5, 5.41) is 2.40. The van der Waals surface area contributed by atoms with Crippen molar-refractivity contribution in [3.8, 4) is 0 Å². The van der Waals surface area contributed by atoms with E-state index in [1.54, 1.807) is 6.92 Å². The Labute approximate surface area is 183 Å². The maximum absolute atomic E-state index is 11.7. The average molecular weight is 449 g/mol. The molecule has 30 heavy (non-hydrogen) atoms. The molecule has 0 saturated carbocycles. The molecule has 2 rings (SSSR count). The number of hydrogen-bond donors (Lipinski definition) is 0. The summed E-state index contributed by atoms with van der Waals surface area (Å²) in [6.45, 7) is 13.1. The van der Waals surface area contributed by atoms with Crippen molar-refractivity contribution < 1.29 is 17.0 Å². The Morgan fingerprint density at radius 1 is 0.833 bits per heavy atom. The molecule has 0 N–H and O–H groups in total. The molecule has 0 aliphatic heterocycles. The van der Waals surface area contributed by atoms with Crippen molar-refractivity contribution in [3.63, 3.8) is 0 Å². The van der Waals surface area contributed by atoms with Crippen LogP contribution >= 0.6 is 0 Å². The fourth-order valence-electron chi connectivity index (χ4n) is 3.65. The summed E-state index contributed by atoms with van der Waals surface area (Å²) in [6, 6.07) is 21.0. The van der Waals surface area contributed by atoms with Gasteiger partial charge in [0.1, 0.15) is 0 Å². The third-order valence-electron chi connectivity index (χ3n) is 5.50. The molecule has 0 radical (unpaired) electrons. The monoisotopic (exact) mass is 448 g/mol. The van der Waals surface area contributed by atoms with Crippen molar-refractivity contribution in [3.05, 3.63) is 60.7 Å². The van der Waals surface area contributed by atoms with Crippen molar-refractivity contribution in [2.75, 3.05) is 19.0 Å². The zero-order valence-corrected chi connectivity index (χ0v) is 21.0. The molecule has 0 atom stereocenters. The summed E-state index contributed by atoms with van der Waals surface area (Å²) in [4.78, 5) is 0. The Hall–Kier alpha value is -1.47. The van der Waals surface area contributed by atoms with Gasteiger partial charge in [-0.05, 0) is 34.2 Å². The van der Waals surface area contributed by atoms with E-state index in [0.717, 1.165) is 0 Å². The van der Waals surface area contributed by atoms with E-state index in [1.165, 1.54) is 10.4 Å². The molecular weight excluding hydrogens is 412 g/mol. The van der Waals surface area contributed by atoms with E-state index in [1.807, 2.05) is 26.0 Å². The number of benzene rings is 2. The van der Waals surface area contributed by atoms with Crippen LogP contribution in [0.25, 0.3) is 0 Å². The first-order valence-electron chi connectivity index (χ1n) is 10.6. The predicted molar refractivity (Wildman–Crippen MR) is 127 cm³/mol. The minimum Gasteiger partial charge on any atom is -0.407 e. The van der Waals surface area contributed by atoms with Gasteiger partial charge in [0.2, 0.25) is 0 Å². The van der Waals surface area contributed by atoms with E-state index in [2.05, 4.69) is 69.3 Å². The van der Waals surface area contributed by atoms with Gasteiger partial charge < -0.3 is 4.43 Å². The van der Waals surface area contributed by atoms with Crippen LogP contribution in [0.5, 0.6) is 0 Å². The van der Waals surface area contributed by atoms with E-state index in [9.17, 15) is 8.42 Å². The van der Waals surface area contributed by atoms with Crippen LogP contribution in [0.3, 0.4) is 0 Å². The molecule has 2 aromatic carbocycles. The second kappa shape index (κ2) is 9.77. The van der Waals surface area contributed by atoms with Gasteiger partial charge in [0.25, 0.3) is 18.4 Å². The maximum Gasteiger partial charge on any atom is 0.267 e. The molecule has 0 spiro atoms. The highest BCUT2D eigenvalue weighted by Gasteiger charge is 2.50. The normalized spacial score (nSPS) is 13.4. The third kappa shape index (κ3) is 6.03. The largest absolute Gasteiger partial charge is 0.407 e. The minimum absolute atomic E-state index is 0.0123. The SMILES string of the molecule is CCS(=O)(=O)OCC(C)(C)CCO[Si](c1ccccc1)(c1ccccc1)C(C)(C)C. The molecule has 0 saturated heterocycles. The van der Waals surface area contributed by atoms with Crippen LogP contribution in [0.2, 0.25) is 5.04 Å². The lowest BCUT2D eigenvalue weighted by Gasteiger charge is -2.43. The molecule has 6 heteroatoms. The first-order chi connectivity index (χ1) is 13.9. The van der Waals surface area contributed by atoms with Crippen molar-refractivity contribution in [2.24, 2.45) is 5.41 Å². The van der Waals surface area contributed by atoms with E-state index >= 15 is 0 Å². The van der Waals surface area contributed by atoms with Crippen molar-refractivity contribution in [2.45, 2.75) is 53.0 Å². The molecule has 0 aromatic heterocycles. The van der Waals surface area contributed by atoms with Crippen LogP contribution in [0.4, 0.5) is 0 Å². The first-order valence-corrected chi connectivity index (χ1v) is 14.0.